The molecule has 0 saturated heterocycles. The quantitative estimate of drug-likeness (QED) is 0.608. The van der Waals surface area contributed by atoms with Gasteiger partial charge in [0, 0.05) is 16.9 Å². The minimum atomic E-state index is 0.758. The normalized spacial score (nSPS) is 10.6. The van der Waals surface area contributed by atoms with E-state index in [0.29, 0.717) is 0 Å². The first-order valence-electron chi connectivity index (χ1n) is 6.24. The Kier molecular flexibility index (Phi) is 3.14. The lowest BCUT2D eigenvalue weighted by atomic mass is 10.1. The van der Waals surface area contributed by atoms with Crippen LogP contribution in [0, 0.1) is 6.92 Å². The number of aromatic nitrogens is 1. The fourth-order valence-electron chi connectivity index (χ4n) is 2.19. The molecule has 0 fully saturated rings. The molecule has 2 heteroatoms. The van der Waals surface area contributed by atoms with Crippen LogP contribution in [-0.4, -0.2) is 4.57 Å². The first-order chi connectivity index (χ1) is 9.24. The van der Waals surface area contributed by atoms with Crippen molar-refractivity contribution >= 4 is 11.6 Å². The predicted octanol–water partition coefficient (Wildman–Crippen LogP) is 5.11. The van der Waals surface area contributed by atoms with Gasteiger partial charge < -0.3 is 4.57 Å². The molecular formula is C17H14ClN. The van der Waals surface area contributed by atoms with Crippen molar-refractivity contribution in [2.45, 2.75) is 6.92 Å². The summed E-state index contributed by atoms with van der Waals surface area (Å²) in [4.78, 5) is 0. The molecule has 0 saturated carbocycles. The van der Waals surface area contributed by atoms with Gasteiger partial charge in [-0.25, -0.2) is 0 Å². The molecule has 0 spiro atoms. The van der Waals surface area contributed by atoms with Crippen LogP contribution in [0.1, 0.15) is 5.56 Å². The first-order valence-corrected chi connectivity index (χ1v) is 6.62. The Labute approximate surface area is 118 Å². The van der Waals surface area contributed by atoms with Gasteiger partial charge in [-0.1, -0.05) is 41.4 Å². The summed E-state index contributed by atoms with van der Waals surface area (Å²) in [5.41, 5.74) is 4.69. The lowest BCUT2D eigenvalue weighted by molar-refractivity contribution is 1.09. The average Bonchev–Trinajstić information content (AvgIpc) is 2.89. The molecule has 0 unspecified atom stereocenters. The van der Waals surface area contributed by atoms with Crippen molar-refractivity contribution in [3.63, 3.8) is 0 Å². The monoisotopic (exact) mass is 267 g/mol. The van der Waals surface area contributed by atoms with Crippen molar-refractivity contribution in [2.75, 3.05) is 0 Å². The maximum atomic E-state index is 6.07. The molecule has 1 nitrogen and oxygen atoms in total. The zero-order chi connectivity index (χ0) is 13.2. The van der Waals surface area contributed by atoms with Crippen LogP contribution in [0.5, 0.6) is 0 Å². The number of hydrogen-bond donors (Lipinski definition) is 0. The molecule has 3 aromatic rings. The van der Waals surface area contributed by atoms with Gasteiger partial charge in [-0.2, -0.15) is 0 Å². The Morgan fingerprint density at radius 3 is 2.42 bits per heavy atom. The molecule has 0 bridgehead atoms. The number of halogens is 1. The minimum absolute atomic E-state index is 0.758. The average molecular weight is 268 g/mol. The third-order valence-electron chi connectivity index (χ3n) is 3.18. The molecule has 3 rings (SSSR count). The smallest absolute Gasteiger partial charge is 0.0528 e. The molecule has 94 valence electrons. The van der Waals surface area contributed by atoms with Gasteiger partial charge in [-0.3, -0.25) is 0 Å². The lowest BCUT2D eigenvalue weighted by Crippen LogP contribution is -1.94. The summed E-state index contributed by atoms with van der Waals surface area (Å²) in [5, 5.41) is 0.758. The lowest BCUT2D eigenvalue weighted by Gasteiger charge is -2.10. The van der Waals surface area contributed by atoms with Gasteiger partial charge in [-0.15, -0.1) is 0 Å². The molecule has 0 aliphatic rings. The van der Waals surface area contributed by atoms with E-state index in [2.05, 4.69) is 60.2 Å². The zero-order valence-electron chi connectivity index (χ0n) is 10.7. The Bertz CT molecular complexity index is 695. The highest BCUT2D eigenvalue weighted by Gasteiger charge is 2.06. The predicted molar refractivity (Wildman–Crippen MR) is 81.0 cm³/mol. The van der Waals surface area contributed by atoms with Gasteiger partial charge in [0.1, 0.15) is 0 Å². The first kappa shape index (κ1) is 12.1. The van der Waals surface area contributed by atoms with Crippen LogP contribution < -0.4 is 0 Å². The third-order valence-corrected chi connectivity index (χ3v) is 3.42. The van der Waals surface area contributed by atoms with Crippen LogP contribution in [-0.2, 0) is 0 Å². The number of hydrogen-bond acceptors (Lipinski definition) is 0. The van der Waals surface area contributed by atoms with E-state index in [9.17, 15) is 0 Å². The van der Waals surface area contributed by atoms with Crippen molar-refractivity contribution < 1.29 is 0 Å². The fraction of sp³-hybridized carbons (Fsp3) is 0.0588. The molecule has 2 aromatic carbocycles. The summed E-state index contributed by atoms with van der Waals surface area (Å²) in [6, 6.07) is 20.6. The molecule has 0 atom stereocenters. The molecule has 0 radical (unpaired) electrons. The molecule has 0 amide bonds. The standard InChI is InChI=1S/C17H14ClN/c1-13-7-9-16(10-8-13)19-11-3-6-17(19)14-4-2-5-15(18)12-14/h2-12H,1H3. The Balaban J connectivity index is 2.10. The van der Waals surface area contributed by atoms with Crippen molar-refractivity contribution in [2.24, 2.45) is 0 Å². The van der Waals surface area contributed by atoms with E-state index in [1.165, 1.54) is 5.56 Å². The Morgan fingerprint density at radius 1 is 0.895 bits per heavy atom. The summed E-state index contributed by atoms with van der Waals surface area (Å²) in [5.74, 6) is 0. The topological polar surface area (TPSA) is 4.93 Å². The molecule has 0 aliphatic carbocycles. The molecule has 1 aromatic heterocycles. The second-order valence-electron chi connectivity index (χ2n) is 4.61. The molecule has 0 N–H and O–H groups in total. The Hall–Kier alpha value is -1.99. The van der Waals surface area contributed by atoms with E-state index in [1.807, 2.05) is 18.2 Å². The van der Waals surface area contributed by atoms with Gasteiger partial charge in [0.25, 0.3) is 0 Å². The van der Waals surface area contributed by atoms with E-state index in [0.717, 1.165) is 22.0 Å². The largest absolute Gasteiger partial charge is 0.317 e. The van der Waals surface area contributed by atoms with Crippen LogP contribution >= 0.6 is 11.6 Å². The van der Waals surface area contributed by atoms with Gasteiger partial charge in [0.2, 0.25) is 0 Å². The number of rotatable bonds is 2. The van der Waals surface area contributed by atoms with E-state index >= 15 is 0 Å². The highest BCUT2D eigenvalue weighted by atomic mass is 35.5. The number of nitrogens with zero attached hydrogens (tertiary/aromatic N) is 1. The van der Waals surface area contributed by atoms with Gasteiger partial charge in [0.05, 0.1) is 5.69 Å². The summed E-state index contributed by atoms with van der Waals surface area (Å²) >= 11 is 6.07. The van der Waals surface area contributed by atoms with Crippen molar-refractivity contribution in [3.8, 4) is 16.9 Å². The summed E-state index contributed by atoms with van der Waals surface area (Å²) in [7, 11) is 0. The highest BCUT2D eigenvalue weighted by Crippen LogP contribution is 2.26. The summed E-state index contributed by atoms with van der Waals surface area (Å²) < 4.78 is 2.17. The van der Waals surface area contributed by atoms with Gasteiger partial charge >= 0.3 is 0 Å². The fourth-order valence-corrected chi connectivity index (χ4v) is 2.38. The van der Waals surface area contributed by atoms with Crippen LogP contribution in [0.2, 0.25) is 5.02 Å². The van der Waals surface area contributed by atoms with Crippen molar-refractivity contribution in [1.82, 2.24) is 4.57 Å². The zero-order valence-corrected chi connectivity index (χ0v) is 11.4. The van der Waals surface area contributed by atoms with Crippen LogP contribution in [0.25, 0.3) is 16.9 Å². The number of aryl methyl sites for hydroxylation is 1. The molecule has 19 heavy (non-hydrogen) atoms. The Morgan fingerprint density at radius 2 is 1.68 bits per heavy atom. The highest BCUT2D eigenvalue weighted by molar-refractivity contribution is 6.30. The number of benzene rings is 2. The summed E-state index contributed by atoms with van der Waals surface area (Å²) in [6.45, 7) is 2.09. The van der Waals surface area contributed by atoms with Gasteiger partial charge in [-0.05, 0) is 48.9 Å². The van der Waals surface area contributed by atoms with Crippen LogP contribution in [0.3, 0.4) is 0 Å². The maximum Gasteiger partial charge on any atom is 0.0528 e. The molecule has 1 heterocycles. The van der Waals surface area contributed by atoms with Crippen molar-refractivity contribution in [1.29, 1.82) is 0 Å². The van der Waals surface area contributed by atoms with E-state index in [4.69, 9.17) is 11.6 Å². The SMILES string of the molecule is Cc1ccc(-n2cccc2-c2cccc(Cl)c2)cc1. The molecular weight excluding hydrogens is 254 g/mol. The second kappa shape index (κ2) is 4.94. The van der Waals surface area contributed by atoms with Crippen LogP contribution in [0.15, 0.2) is 66.9 Å². The van der Waals surface area contributed by atoms with Crippen LogP contribution in [0.4, 0.5) is 0 Å². The maximum absolute atomic E-state index is 6.07. The van der Waals surface area contributed by atoms with Crippen molar-refractivity contribution in [3.05, 3.63) is 77.4 Å². The van der Waals surface area contributed by atoms with Gasteiger partial charge in [0.15, 0.2) is 0 Å². The molecule has 0 aliphatic heterocycles. The van der Waals surface area contributed by atoms with E-state index in [1.54, 1.807) is 0 Å². The summed E-state index contributed by atoms with van der Waals surface area (Å²) in [6.07, 6.45) is 2.07. The van der Waals surface area contributed by atoms with E-state index in [-0.39, 0.29) is 0 Å². The second-order valence-corrected chi connectivity index (χ2v) is 5.05. The third kappa shape index (κ3) is 2.42. The minimum Gasteiger partial charge on any atom is -0.317 e. The van der Waals surface area contributed by atoms with E-state index < -0.39 is 0 Å².